The van der Waals surface area contributed by atoms with Gasteiger partial charge in [-0.25, -0.2) is 0 Å². The predicted molar refractivity (Wildman–Crippen MR) is 90.1 cm³/mol. The van der Waals surface area contributed by atoms with Crippen LogP contribution in [-0.2, 0) is 5.41 Å². The number of hydrogen-bond donors (Lipinski definition) is 2. The summed E-state index contributed by atoms with van der Waals surface area (Å²) in [4.78, 5) is 4.69. The summed E-state index contributed by atoms with van der Waals surface area (Å²) in [6.07, 6.45) is 0. The van der Waals surface area contributed by atoms with Gasteiger partial charge < -0.3 is 20.1 Å². The van der Waals surface area contributed by atoms with Gasteiger partial charge in [-0.1, -0.05) is 19.9 Å². The molecule has 0 aromatic heterocycles. The number of nitrogens with zero attached hydrogens (tertiary/aromatic N) is 1. The molecule has 1 aromatic rings. The van der Waals surface area contributed by atoms with Crippen molar-refractivity contribution in [3.63, 3.8) is 0 Å². The summed E-state index contributed by atoms with van der Waals surface area (Å²) in [6, 6.07) is 6.16. The molecule has 0 bridgehead atoms. The van der Waals surface area contributed by atoms with Crippen molar-refractivity contribution in [1.29, 1.82) is 0 Å². The average Bonchev–Trinajstić information content (AvgIpc) is 2.52. The molecule has 0 aliphatic carbocycles. The number of aliphatic imine (C=N–C) groups is 1. The standard InChI is InChI=1S/C17H27N3O2/c1-5-18-16(19-6-2)20-12-17(3,4)13-7-8-14-15(11-13)22-10-9-21-14/h7-8,11H,5-6,9-10,12H2,1-4H3,(H2,18,19,20). The Morgan fingerprint density at radius 2 is 1.73 bits per heavy atom. The molecule has 0 amide bonds. The van der Waals surface area contributed by atoms with Crippen molar-refractivity contribution in [1.82, 2.24) is 10.6 Å². The van der Waals surface area contributed by atoms with Crippen molar-refractivity contribution in [2.24, 2.45) is 4.99 Å². The summed E-state index contributed by atoms with van der Waals surface area (Å²) < 4.78 is 11.3. The zero-order chi connectivity index (χ0) is 16.0. The van der Waals surface area contributed by atoms with Crippen molar-refractivity contribution in [3.8, 4) is 11.5 Å². The molecular weight excluding hydrogens is 278 g/mol. The molecule has 1 aromatic carbocycles. The number of rotatable bonds is 5. The van der Waals surface area contributed by atoms with Crippen LogP contribution in [0.2, 0.25) is 0 Å². The third-order valence-corrected chi connectivity index (χ3v) is 3.64. The highest BCUT2D eigenvalue weighted by Crippen LogP contribution is 2.35. The van der Waals surface area contributed by atoms with Gasteiger partial charge >= 0.3 is 0 Å². The van der Waals surface area contributed by atoms with Crippen LogP contribution in [-0.4, -0.2) is 38.8 Å². The maximum atomic E-state index is 5.68. The topological polar surface area (TPSA) is 54.9 Å². The van der Waals surface area contributed by atoms with Crippen LogP contribution in [0.15, 0.2) is 23.2 Å². The van der Waals surface area contributed by atoms with E-state index in [1.807, 2.05) is 6.07 Å². The minimum atomic E-state index is -0.0775. The number of ether oxygens (including phenoxy) is 2. The molecule has 0 fully saturated rings. The van der Waals surface area contributed by atoms with Crippen LogP contribution in [0.4, 0.5) is 0 Å². The van der Waals surface area contributed by atoms with Gasteiger partial charge in [-0.2, -0.15) is 0 Å². The molecule has 5 heteroatoms. The zero-order valence-corrected chi connectivity index (χ0v) is 14.0. The third kappa shape index (κ3) is 4.06. The Morgan fingerprint density at radius 1 is 1.09 bits per heavy atom. The summed E-state index contributed by atoms with van der Waals surface area (Å²) >= 11 is 0. The van der Waals surface area contributed by atoms with E-state index in [-0.39, 0.29) is 5.41 Å². The normalized spacial score (nSPS) is 13.5. The maximum Gasteiger partial charge on any atom is 0.191 e. The molecule has 1 aliphatic rings. The van der Waals surface area contributed by atoms with Gasteiger partial charge in [0.05, 0.1) is 6.54 Å². The second-order valence-corrected chi connectivity index (χ2v) is 5.97. The van der Waals surface area contributed by atoms with Crippen molar-refractivity contribution < 1.29 is 9.47 Å². The lowest BCUT2D eigenvalue weighted by Gasteiger charge is -2.26. The van der Waals surface area contributed by atoms with E-state index in [1.165, 1.54) is 5.56 Å². The predicted octanol–water partition coefficient (Wildman–Crippen LogP) is 2.31. The van der Waals surface area contributed by atoms with E-state index in [4.69, 9.17) is 9.47 Å². The lowest BCUT2D eigenvalue weighted by Crippen LogP contribution is -2.38. The Hall–Kier alpha value is -1.91. The van der Waals surface area contributed by atoms with Gasteiger partial charge in [0.25, 0.3) is 0 Å². The summed E-state index contributed by atoms with van der Waals surface area (Å²) in [5.74, 6) is 2.52. The number of benzene rings is 1. The first-order chi connectivity index (χ1) is 10.6. The van der Waals surface area contributed by atoms with Gasteiger partial charge in [-0.15, -0.1) is 0 Å². The maximum absolute atomic E-state index is 5.68. The molecule has 5 nitrogen and oxygen atoms in total. The van der Waals surface area contributed by atoms with E-state index in [1.54, 1.807) is 0 Å². The first kappa shape index (κ1) is 16.5. The van der Waals surface area contributed by atoms with Gasteiger partial charge in [0.15, 0.2) is 17.5 Å². The highest BCUT2D eigenvalue weighted by molar-refractivity contribution is 5.79. The Morgan fingerprint density at radius 3 is 2.36 bits per heavy atom. The van der Waals surface area contributed by atoms with E-state index in [9.17, 15) is 0 Å². The Labute approximate surface area is 133 Å². The molecular formula is C17H27N3O2. The van der Waals surface area contributed by atoms with Crippen LogP contribution < -0.4 is 20.1 Å². The molecule has 2 rings (SSSR count). The molecule has 1 aliphatic heterocycles. The summed E-state index contributed by atoms with van der Waals surface area (Å²) in [6.45, 7) is 12.2. The Bertz CT molecular complexity index is 519. The first-order valence-corrected chi connectivity index (χ1v) is 7.99. The average molecular weight is 305 g/mol. The number of nitrogens with one attached hydrogen (secondary N) is 2. The molecule has 22 heavy (non-hydrogen) atoms. The molecule has 0 saturated carbocycles. The van der Waals surface area contributed by atoms with E-state index in [0.29, 0.717) is 19.8 Å². The van der Waals surface area contributed by atoms with Crippen LogP contribution in [0.3, 0.4) is 0 Å². The van der Waals surface area contributed by atoms with Crippen LogP contribution in [0.1, 0.15) is 33.3 Å². The van der Waals surface area contributed by atoms with Gasteiger partial charge in [0, 0.05) is 18.5 Å². The molecule has 2 N–H and O–H groups in total. The highest BCUT2D eigenvalue weighted by atomic mass is 16.6. The lowest BCUT2D eigenvalue weighted by atomic mass is 9.84. The largest absolute Gasteiger partial charge is 0.486 e. The monoisotopic (exact) mass is 305 g/mol. The molecule has 0 unspecified atom stereocenters. The van der Waals surface area contributed by atoms with Gasteiger partial charge in [-0.05, 0) is 31.5 Å². The van der Waals surface area contributed by atoms with E-state index in [2.05, 4.69) is 55.5 Å². The van der Waals surface area contributed by atoms with Crippen molar-refractivity contribution in [2.45, 2.75) is 33.1 Å². The summed E-state index contributed by atoms with van der Waals surface area (Å²) in [5.41, 5.74) is 1.12. The summed E-state index contributed by atoms with van der Waals surface area (Å²) in [7, 11) is 0. The fraction of sp³-hybridized carbons (Fsp3) is 0.588. The minimum absolute atomic E-state index is 0.0775. The van der Waals surface area contributed by atoms with Gasteiger partial charge in [0.1, 0.15) is 13.2 Å². The van der Waals surface area contributed by atoms with Crippen LogP contribution in [0.25, 0.3) is 0 Å². The van der Waals surface area contributed by atoms with Gasteiger partial charge in [-0.3, -0.25) is 4.99 Å². The first-order valence-electron chi connectivity index (χ1n) is 7.99. The molecule has 0 radical (unpaired) electrons. The SMILES string of the molecule is CCNC(=NCC(C)(C)c1ccc2c(c1)OCCO2)NCC. The minimum Gasteiger partial charge on any atom is -0.486 e. The number of fused-ring (bicyclic) bond motifs is 1. The number of hydrogen-bond acceptors (Lipinski definition) is 3. The summed E-state index contributed by atoms with van der Waals surface area (Å²) in [5, 5.41) is 6.50. The smallest absolute Gasteiger partial charge is 0.191 e. The van der Waals surface area contributed by atoms with E-state index >= 15 is 0 Å². The number of guanidine groups is 1. The molecule has 0 spiro atoms. The van der Waals surface area contributed by atoms with Crippen molar-refractivity contribution in [2.75, 3.05) is 32.8 Å². The Balaban J connectivity index is 2.13. The fourth-order valence-electron chi connectivity index (χ4n) is 2.34. The van der Waals surface area contributed by atoms with Crippen LogP contribution in [0, 0.1) is 0 Å². The molecule has 0 atom stereocenters. The molecule has 122 valence electrons. The van der Waals surface area contributed by atoms with E-state index < -0.39 is 0 Å². The Kier molecular flexibility index (Phi) is 5.52. The van der Waals surface area contributed by atoms with Crippen molar-refractivity contribution >= 4 is 5.96 Å². The second kappa shape index (κ2) is 7.38. The van der Waals surface area contributed by atoms with Crippen LogP contribution >= 0.6 is 0 Å². The van der Waals surface area contributed by atoms with E-state index in [0.717, 1.165) is 30.5 Å². The fourth-order valence-corrected chi connectivity index (χ4v) is 2.34. The quantitative estimate of drug-likeness (QED) is 0.647. The third-order valence-electron chi connectivity index (χ3n) is 3.64. The van der Waals surface area contributed by atoms with Gasteiger partial charge in [0.2, 0.25) is 0 Å². The zero-order valence-electron chi connectivity index (χ0n) is 14.0. The van der Waals surface area contributed by atoms with Crippen LogP contribution in [0.5, 0.6) is 11.5 Å². The molecule has 1 heterocycles. The van der Waals surface area contributed by atoms with Crippen molar-refractivity contribution in [3.05, 3.63) is 23.8 Å². The highest BCUT2D eigenvalue weighted by Gasteiger charge is 2.23. The molecule has 0 saturated heterocycles. The lowest BCUT2D eigenvalue weighted by molar-refractivity contribution is 0.171. The second-order valence-electron chi connectivity index (χ2n) is 5.97.